The predicted octanol–water partition coefficient (Wildman–Crippen LogP) is 3.68. The molecule has 0 unspecified atom stereocenters. The quantitative estimate of drug-likeness (QED) is 0.538. The highest BCUT2D eigenvalue weighted by molar-refractivity contribution is 6.06. The minimum atomic E-state index is -0.319. The van der Waals surface area contributed by atoms with Crippen molar-refractivity contribution in [1.82, 2.24) is 10.4 Å². The van der Waals surface area contributed by atoms with Crippen molar-refractivity contribution in [3.05, 3.63) is 71.9 Å². The van der Waals surface area contributed by atoms with E-state index in [1.54, 1.807) is 25.3 Å². The molecule has 0 aliphatic rings. The number of benzene rings is 2. The van der Waals surface area contributed by atoms with Gasteiger partial charge in [-0.15, -0.1) is 0 Å². The minimum Gasteiger partial charge on any atom is -0.310 e. The van der Waals surface area contributed by atoms with Gasteiger partial charge in [-0.1, -0.05) is 30.3 Å². The van der Waals surface area contributed by atoms with E-state index in [4.69, 9.17) is 0 Å². The second-order valence-electron chi connectivity index (χ2n) is 6.29. The van der Waals surface area contributed by atoms with E-state index in [-0.39, 0.29) is 18.2 Å². The van der Waals surface area contributed by atoms with Crippen molar-refractivity contribution in [3.63, 3.8) is 0 Å². The lowest BCUT2D eigenvalue weighted by Gasteiger charge is -2.06. The van der Waals surface area contributed by atoms with Crippen LogP contribution in [-0.2, 0) is 4.79 Å². The van der Waals surface area contributed by atoms with E-state index in [0.29, 0.717) is 17.1 Å². The lowest BCUT2D eigenvalue weighted by Crippen LogP contribution is -2.21. The summed E-state index contributed by atoms with van der Waals surface area (Å²) < 4.78 is 0. The van der Waals surface area contributed by atoms with Crippen LogP contribution in [-0.4, -0.2) is 22.5 Å². The molecular weight excluding hydrogens is 340 g/mol. The number of nitrogens with one attached hydrogen (secondary N) is 2. The molecule has 0 atom stereocenters. The topological polar surface area (TPSA) is 83.4 Å². The molecule has 6 nitrogen and oxygen atoms in total. The molecule has 0 aliphatic heterocycles. The molecular formula is C21H20N4O2. The van der Waals surface area contributed by atoms with E-state index >= 15 is 0 Å². The molecule has 0 aliphatic carbocycles. The van der Waals surface area contributed by atoms with Gasteiger partial charge in [0.25, 0.3) is 5.91 Å². The Bertz CT molecular complexity index is 1030. The highest BCUT2D eigenvalue weighted by Crippen LogP contribution is 2.15. The Morgan fingerprint density at radius 3 is 2.59 bits per heavy atom. The van der Waals surface area contributed by atoms with Crippen molar-refractivity contribution < 1.29 is 9.59 Å². The van der Waals surface area contributed by atoms with Crippen LogP contribution in [0.1, 0.15) is 29.3 Å². The van der Waals surface area contributed by atoms with Gasteiger partial charge in [0.2, 0.25) is 5.91 Å². The number of hydrogen-bond donors (Lipinski definition) is 2. The van der Waals surface area contributed by atoms with E-state index in [2.05, 4.69) is 20.8 Å². The zero-order valence-corrected chi connectivity index (χ0v) is 15.2. The van der Waals surface area contributed by atoms with Gasteiger partial charge in [-0.3, -0.25) is 9.59 Å². The second kappa shape index (κ2) is 8.23. The number of aryl methyl sites for hydroxylation is 1. The smallest absolute Gasteiger partial charge is 0.271 e. The monoisotopic (exact) mass is 360 g/mol. The van der Waals surface area contributed by atoms with E-state index in [1.807, 2.05) is 49.4 Å². The third-order valence-electron chi connectivity index (χ3n) is 3.96. The summed E-state index contributed by atoms with van der Waals surface area (Å²) in [7, 11) is 0. The molecule has 0 spiro atoms. The molecule has 1 heterocycles. The summed E-state index contributed by atoms with van der Waals surface area (Å²) >= 11 is 0. The molecule has 27 heavy (non-hydrogen) atoms. The standard InChI is InChI=1S/C21H20N4O2/c1-14-9-10-22-19(11-14)23-20(26)12-15(2)24-25-21(27)18-8-7-16-5-3-4-6-17(16)13-18/h3-11,13H,12H2,1-2H3,(H,25,27)(H,22,23,26)/b24-15-. The first-order valence-electron chi connectivity index (χ1n) is 8.56. The van der Waals surface area contributed by atoms with Crippen molar-refractivity contribution in [2.75, 3.05) is 5.32 Å². The number of nitrogens with zero attached hydrogens (tertiary/aromatic N) is 2. The van der Waals surface area contributed by atoms with Crippen LogP contribution >= 0.6 is 0 Å². The number of carbonyl (C=O) groups excluding carboxylic acids is 2. The molecule has 6 heteroatoms. The summed E-state index contributed by atoms with van der Waals surface area (Å²) in [6, 6.07) is 16.9. The molecule has 0 bridgehead atoms. The molecule has 3 rings (SSSR count). The first kappa shape index (κ1) is 18.3. The number of anilines is 1. The van der Waals surface area contributed by atoms with Gasteiger partial charge < -0.3 is 5.32 Å². The van der Waals surface area contributed by atoms with Crippen LogP contribution in [0.3, 0.4) is 0 Å². The van der Waals surface area contributed by atoms with Gasteiger partial charge >= 0.3 is 0 Å². The van der Waals surface area contributed by atoms with Crippen LogP contribution in [0.2, 0.25) is 0 Å². The van der Waals surface area contributed by atoms with Crippen LogP contribution < -0.4 is 10.7 Å². The van der Waals surface area contributed by atoms with Gasteiger partial charge in [0.1, 0.15) is 5.82 Å². The summed E-state index contributed by atoms with van der Waals surface area (Å²) in [5.41, 5.74) is 4.51. The molecule has 136 valence electrons. The fourth-order valence-corrected chi connectivity index (χ4v) is 2.60. The van der Waals surface area contributed by atoms with Crippen molar-refractivity contribution in [2.24, 2.45) is 5.10 Å². The number of hydrazone groups is 1. The average molecular weight is 360 g/mol. The highest BCUT2D eigenvalue weighted by Gasteiger charge is 2.08. The van der Waals surface area contributed by atoms with Gasteiger partial charge in [0.05, 0.1) is 6.42 Å². The van der Waals surface area contributed by atoms with Gasteiger partial charge in [0, 0.05) is 17.5 Å². The summed E-state index contributed by atoms with van der Waals surface area (Å²) in [6.07, 6.45) is 1.70. The minimum absolute atomic E-state index is 0.0631. The molecule has 3 aromatic rings. The summed E-state index contributed by atoms with van der Waals surface area (Å²) in [5.74, 6) is -0.0665. The van der Waals surface area contributed by atoms with E-state index in [9.17, 15) is 9.59 Å². The summed E-state index contributed by atoms with van der Waals surface area (Å²) in [6.45, 7) is 3.61. The maximum atomic E-state index is 12.3. The zero-order chi connectivity index (χ0) is 19.2. The average Bonchev–Trinajstić information content (AvgIpc) is 2.65. The van der Waals surface area contributed by atoms with Crippen LogP contribution in [0.25, 0.3) is 10.8 Å². The lowest BCUT2D eigenvalue weighted by molar-refractivity contribution is -0.115. The third kappa shape index (κ3) is 4.98. The fraction of sp³-hybridized carbons (Fsp3) is 0.143. The van der Waals surface area contributed by atoms with Crippen LogP contribution in [0.4, 0.5) is 5.82 Å². The van der Waals surface area contributed by atoms with Crippen LogP contribution in [0.15, 0.2) is 65.9 Å². The van der Waals surface area contributed by atoms with E-state index < -0.39 is 0 Å². The van der Waals surface area contributed by atoms with E-state index in [0.717, 1.165) is 16.3 Å². The van der Waals surface area contributed by atoms with Crippen molar-refractivity contribution in [2.45, 2.75) is 20.3 Å². The van der Waals surface area contributed by atoms with Gasteiger partial charge in [-0.25, -0.2) is 10.4 Å². The van der Waals surface area contributed by atoms with Crippen molar-refractivity contribution in [3.8, 4) is 0 Å². The number of hydrogen-bond acceptors (Lipinski definition) is 4. The largest absolute Gasteiger partial charge is 0.310 e. The first-order chi connectivity index (χ1) is 13.0. The Morgan fingerprint density at radius 2 is 1.81 bits per heavy atom. The number of amides is 2. The number of carbonyl (C=O) groups is 2. The Morgan fingerprint density at radius 1 is 1.04 bits per heavy atom. The zero-order valence-electron chi connectivity index (χ0n) is 15.2. The normalized spacial score (nSPS) is 11.3. The molecule has 0 radical (unpaired) electrons. The number of fused-ring (bicyclic) bond motifs is 1. The molecule has 0 saturated heterocycles. The Hall–Kier alpha value is -3.54. The van der Waals surface area contributed by atoms with Gasteiger partial charge in [0.15, 0.2) is 0 Å². The van der Waals surface area contributed by atoms with Gasteiger partial charge in [-0.05, 0) is 54.4 Å². The Balaban J connectivity index is 1.58. The fourth-order valence-electron chi connectivity index (χ4n) is 2.60. The number of pyridine rings is 1. The Labute approximate surface area is 157 Å². The van der Waals surface area contributed by atoms with Crippen molar-refractivity contribution >= 4 is 34.1 Å². The summed E-state index contributed by atoms with van der Waals surface area (Å²) in [5, 5.41) is 8.77. The second-order valence-corrected chi connectivity index (χ2v) is 6.29. The molecule has 2 N–H and O–H groups in total. The molecule has 0 fully saturated rings. The molecule has 2 aromatic carbocycles. The van der Waals surface area contributed by atoms with Crippen LogP contribution in [0.5, 0.6) is 0 Å². The van der Waals surface area contributed by atoms with Crippen LogP contribution in [0, 0.1) is 6.92 Å². The molecule has 1 aromatic heterocycles. The predicted molar refractivity (Wildman–Crippen MR) is 107 cm³/mol. The molecule has 0 saturated carbocycles. The molecule has 2 amide bonds. The number of aromatic nitrogens is 1. The maximum absolute atomic E-state index is 12.3. The maximum Gasteiger partial charge on any atom is 0.271 e. The first-order valence-corrected chi connectivity index (χ1v) is 8.56. The number of rotatable bonds is 5. The third-order valence-corrected chi connectivity index (χ3v) is 3.96. The Kier molecular flexibility index (Phi) is 5.56. The van der Waals surface area contributed by atoms with E-state index in [1.165, 1.54) is 0 Å². The van der Waals surface area contributed by atoms with Gasteiger partial charge in [-0.2, -0.15) is 5.10 Å². The summed E-state index contributed by atoms with van der Waals surface area (Å²) in [4.78, 5) is 28.4. The van der Waals surface area contributed by atoms with Crippen molar-refractivity contribution in [1.29, 1.82) is 0 Å². The highest BCUT2D eigenvalue weighted by atomic mass is 16.2. The SMILES string of the molecule is C/C(CC(=O)Nc1cc(C)ccn1)=N/NC(=O)c1ccc2ccccc2c1. The lowest BCUT2D eigenvalue weighted by atomic mass is 10.1.